The van der Waals surface area contributed by atoms with Crippen molar-refractivity contribution < 1.29 is 4.92 Å². The molecule has 0 fully saturated rings. The first-order chi connectivity index (χ1) is 8.66. The molecule has 1 N–H and O–H groups in total. The summed E-state index contributed by atoms with van der Waals surface area (Å²) < 4.78 is 0. The normalized spacial score (nSPS) is 10.1. The van der Waals surface area contributed by atoms with Crippen LogP contribution in [0.2, 0.25) is 5.02 Å². The second kappa shape index (κ2) is 5.46. The highest BCUT2D eigenvalue weighted by atomic mass is 35.5. The maximum Gasteiger partial charge on any atom is 0.293 e. The Morgan fingerprint density at radius 1 is 1.33 bits per heavy atom. The van der Waals surface area contributed by atoms with Gasteiger partial charge in [0.1, 0.15) is 5.69 Å². The number of pyridine rings is 1. The van der Waals surface area contributed by atoms with Crippen LogP contribution in [0.4, 0.5) is 11.4 Å². The molecule has 0 aliphatic carbocycles. The second-order valence-corrected chi connectivity index (χ2v) is 4.03. The highest BCUT2D eigenvalue weighted by molar-refractivity contribution is 6.30. The Balaban J connectivity index is 2.17. The van der Waals surface area contributed by atoms with Gasteiger partial charge in [-0.15, -0.1) is 0 Å². The summed E-state index contributed by atoms with van der Waals surface area (Å²) in [6, 6.07) is 10.0. The van der Waals surface area contributed by atoms with Crippen LogP contribution in [0.1, 0.15) is 5.69 Å². The molecular weight excluding hydrogens is 254 g/mol. The van der Waals surface area contributed by atoms with Gasteiger partial charge in [-0.1, -0.05) is 17.7 Å². The summed E-state index contributed by atoms with van der Waals surface area (Å²) in [7, 11) is 0. The van der Waals surface area contributed by atoms with E-state index in [0.29, 0.717) is 17.3 Å². The lowest BCUT2D eigenvalue weighted by molar-refractivity contribution is -0.383. The third kappa shape index (κ3) is 2.95. The minimum atomic E-state index is -0.466. The van der Waals surface area contributed by atoms with Crippen LogP contribution in [0.25, 0.3) is 0 Å². The van der Waals surface area contributed by atoms with E-state index in [9.17, 15) is 10.1 Å². The van der Waals surface area contributed by atoms with Crippen LogP contribution in [-0.4, -0.2) is 9.91 Å². The molecule has 0 bridgehead atoms. The van der Waals surface area contributed by atoms with Crippen molar-refractivity contribution in [2.45, 2.75) is 6.54 Å². The van der Waals surface area contributed by atoms with Crippen molar-refractivity contribution in [1.82, 2.24) is 4.98 Å². The van der Waals surface area contributed by atoms with Crippen LogP contribution in [0, 0.1) is 10.1 Å². The summed E-state index contributed by atoms with van der Waals surface area (Å²) in [5.41, 5.74) is 1.19. The maximum absolute atomic E-state index is 10.9. The summed E-state index contributed by atoms with van der Waals surface area (Å²) in [5.74, 6) is 0. The van der Waals surface area contributed by atoms with Crippen molar-refractivity contribution in [3.8, 4) is 0 Å². The fraction of sp³-hybridized carbons (Fsp3) is 0.0833. The van der Waals surface area contributed by atoms with Crippen LogP contribution < -0.4 is 5.32 Å². The molecule has 1 aromatic heterocycles. The highest BCUT2D eigenvalue weighted by Gasteiger charge is 2.13. The van der Waals surface area contributed by atoms with Gasteiger partial charge in [-0.25, -0.2) is 0 Å². The lowest BCUT2D eigenvalue weighted by Gasteiger charge is -2.06. The summed E-state index contributed by atoms with van der Waals surface area (Å²) in [6.45, 7) is 0.420. The summed E-state index contributed by atoms with van der Waals surface area (Å²) in [5, 5.41) is 14.2. The standard InChI is InChI=1S/C12H10ClN3O2/c13-9-4-5-11(12(7-9)16(17)18)15-8-10-3-1-2-6-14-10/h1-7,15H,8H2. The predicted molar refractivity (Wildman–Crippen MR) is 69.7 cm³/mol. The molecule has 5 nitrogen and oxygen atoms in total. The minimum absolute atomic E-state index is 0.0431. The van der Waals surface area contributed by atoms with Gasteiger partial charge in [0.15, 0.2) is 0 Å². The number of nitro benzene ring substituents is 1. The van der Waals surface area contributed by atoms with Crippen LogP contribution in [-0.2, 0) is 6.54 Å². The van der Waals surface area contributed by atoms with E-state index in [2.05, 4.69) is 10.3 Å². The molecule has 1 aromatic carbocycles. The number of nitrogens with one attached hydrogen (secondary N) is 1. The number of halogens is 1. The molecule has 2 rings (SSSR count). The molecule has 0 saturated carbocycles. The van der Waals surface area contributed by atoms with E-state index >= 15 is 0 Å². The Kier molecular flexibility index (Phi) is 3.74. The molecule has 0 spiro atoms. The largest absolute Gasteiger partial charge is 0.374 e. The molecule has 92 valence electrons. The van der Waals surface area contributed by atoms with Crippen molar-refractivity contribution in [1.29, 1.82) is 0 Å². The zero-order valence-electron chi connectivity index (χ0n) is 9.34. The van der Waals surface area contributed by atoms with E-state index in [1.807, 2.05) is 18.2 Å². The van der Waals surface area contributed by atoms with Crippen LogP contribution in [0.15, 0.2) is 42.6 Å². The average Bonchev–Trinajstić information content (AvgIpc) is 2.38. The SMILES string of the molecule is O=[N+]([O-])c1cc(Cl)ccc1NCc1ccccn1. The molecule has 1 heterocycles. The number of rotatable bonds is 4. The summed E-state index contributed by atoms with van der Waals surface area (Å²) in [4.78, 5) is 14.5. The Labute approximate surface area is 109 Å². The zero-order chi connectivity index (χ0) is 13.0. The summed E-state index contributed by atoms with van der Waals surface area (Å²) >= 11 is 5.73. The van der Waals surface area contributed by atoms with E-state index < -0.39 is 4.92 Å². The quantitative estimate of drug-likeness (QED) is 0.679. The number of aromatic nitrogens is 1. The van der Waals surface area contributed by atoms with E-state index in [0.717, 1.165) is 5.69 Å². The lowest BCUT2D eigenvalue weighted by atomic mass is 10.2. The topological polar surface area (TPSA) is 68.1 Å². The van der Waals surface area contributed by atoms with Crippen molar-refractivity contribution in [2.24, 2.45) is 0 Å². The number of nitrogens with zero attached hydrogens (tertiary/aromatic N) is 2. The van der Waals surface area contributed by atoms with Crippen LogP contribution in [0.5, 0.6) is 0 Å². The van der Waals surface area contributed by atoms with E-state index in [1.54, 1.807) is 18.3 Å². The smallest absolute Gasteiger partial charge is 0.293 e. The van der Waals surface area contributed by atoms with Gasteiger partial charge in [0.2, 0.25) is 0 Å². The van der Waals surface area contributed by atoms with Gasteiger partial charge in [0, 0.05) is 17.3 Å². The third-order valence-corrected chi connectivity index (χ3v) is 2.58. The molecule has 0 amide bonds. The molecule has 6 heteroatoms. The van der Waals surface area contributed by atoms with Gasteiger partial charge < -0.3 is 5.32 Å². The first-order valence-corrected chi connectivity index (χ1v) is 5.62. The molecule has 0 aliphatic rings. The Morgan fingerprint density at radius 2 is 2.17 bits per heavy atom. The monoisotopic (exact) mass is 263 g/mol. The predicted octanol–water partition coefficient (Wildman–Crippen LogP) is 3.26. The van der Waals surface area contributed by atoms with Gasteiger partial charge in [0.05, 0.1) is 17.2 Å². The zero-order valence-corrected chi connectivity index (χ0v) is 10.1. The Morgan fingerprint density at radius 3 is 2.83 bits per heavy atom. The molecule has 0 atom stereocenters. The number of nitro groups is 1. The molecular formula is C12H10ClN3O2. The van der Waals surface area contributed by atoms with Gasteiger partial charge in [0.25, 0.3) is 5.69 Å². The molecule has 0 saturated heterocycles. The van der Waals surface area contributed by atoms with Gasteiger partial charge >= 0.3 is 0 Å². The highest BCUT2D eigenvalue weighted by Crippen LogP contribution is 2.27. The molecule has 18 heavy (non-hydrogen) atoms. The fourth-order valence-electron chi connectivity index (χ4n) is 1.49. The maximum atomic E-state index is 10.9. The summed E-state index contributed by atoms with van der Waals surface area (Å²) in [6.07, 6.45) is 1.67. The van der Waals surface area contributed by atoms with E-state index in [1.165, 1.54) is 6.07 Å². The van der Waals surface area contributed by atoms with Crippen molar-refractivity contribution in [2.75, 3.05) is 5.32 Å². The van der Waals surface area contributed by atoms with Crippen molar-refractivity contribution >= 4 is 23.0 Å². The average molecular weight is 264 g/mol. The van der Waals surface area contributed by atoms with Crippen LogP contribution >= 0.6 is 11.6 Å². The van der Waals surface area contributed by atoms with E-state index in [-0.39, 0.29) is 5.69 Å². The Bertz CT molecular complexity index is 561. The first-order valence-electron chi connectivity index (χ1n) is 5.24. The first kappa shape index (κ1) is 12.3. The fourth-order valence-corrected chi connectivity index (χ4v) is 1.66. The third-order valence-electron chi connectivity index (χ3n) is 2.34. The van der Waals surface area contributed by atoms with E-state index in [4.69, 9.17) is 11.6 Å². The lowest BCUT2D eigenvalue weighted by Crippen LogP contribution is -2.03. The molecule has 0 radical (unpaired) electrons. The van der Waals surface area contributed by atoms with Gasteiger partial charge in [-0.3, -0.25) is 15.1 Å². The van der Waals surface area contributed by atoms with Gasteiger partial charge in [-0.05, 0) is 24.3 Å². The number of anilines is 1. The number of hydrogen-bond donors (Lipinski definition) is 1. The second-order valence-electron chi connectivity index (χ2n) is 3.59. The molecule has 0 aliphatic heterocycles. The number of benzene rings is 1. The molecule has 2 aromatic rings. The van der Waals surface area contributed by atoms with Crippen molar-refractivity contribution in [3.05, 3.63) is 63.4 Å². The number of hydrogen-bond acceptors (Lipinski definition) is 4. The Hall–Kier alpha value is -2.14. The molecule has 0 unspecified atom stereocenters. The van der Waals surface area contributed by atoms with Gasteiger partial charge in [-0.2, -0.15) is 0 Å². The van der Waals surface area contributed by atoms with Crippen LogP contribution in [0.3, 0.4) is 0 Å². The minimum Gasteiger partial charge on any atom is -0.374 e. The van der Waals surface area contributed by atoms with Crippen molar-refractivity contribution in [3.63, 3.8) is 0 Å².